The van der Waals surface area contributed by atoms with E-state index in [4.69, 9.17) is 9.47 Å². The molecule has 0 saturated heterocycles. The summed E-state index contributed by atoms with van der Waals surface area (Å²) in [5.41, 5.74) is 1.37. The summed E-state index contributed by atoms with van der Waals surface area (Å²) >= 11 is 0. The highest BCUT2D eigenvalue weighted by atomic mass is 16.5. The predicted molar refractivity (Wildman–Crippen MR) is 137 cm³/mol. The standard InChI is InChI=1S/C29H38N2O4/c1-34-26-15-7-22(8-16-26)28(32)30-24-11-3-20(4-12-24)19-21-5-13-25(14-6-21)31-29(33)23-9-17-27(35-2)18-10-23/h7-10,15-18,20-21,24-25H,3-6,11-14,19H2,1-2H3,(H,30,32)(H,31,33). The Morgan fingerprint density at radius 2 is 0.971 bits per heavy atom. The first-order chi connectivity index (χ1) is 17.0. The number of carbonyl (C=O) groups excluding carboxylic acids is 2. The van der Waals surface area contributed by atoms with Crippen LogP contribution in [0, 0.1) is 11.8 Å². The lowest BCUT2D eigenvalue weighted by Crippen LogP contribution is -2.39. The molecule has 6 nitrogen and oxygen atoms in total. The fourth-order valence-corrected chi connectivity index (χ4v) is 5.58. The van der Waals surface area contributed by atoms with E-state index in [1.807, 2.05) is 48.5 Å². The molecule has 188 valence electrons. The average Bonchev–Trinajstić information content (AvgIpc) is 2.91. The fraction of sp³-hybridized carbons (Fsp3) is 0.517. The molecule has 0 heterocycles. The van der Waals surface area contributed by atoms with Crippen LogP contribution in [0.2, 0.25) is 0 Å². The van der Waals surface area contributed by atoms with Gasteiger partial charge in [-0.25, -0.2) is 0 Å². The number of rotatable bonds is 8. The van der Waals surface area contributed by atoms with E-state index in [-0.39, 0.29) is 23.9 Å². The summed E-state index contributed by atoms with van der Waals surface area (Å²) in [5.74, 6) is 3.03. The number of carbonyl (C=O) groups is 2. The van der Waals surface area contributed by atoms with Crippen LogP contribution in [-0.2, 0) is 0 Å². The largest absolute Gasteiger partial charge is 0.497 e. The molecular weight excluding hydrogens is 440 g/mol. The van der Waals surface area contributed by atoms with E-state index in [0.717, 1.165) is 49.0 Å². The van der Waals surface area contributed by atoms with Gasteiger partial charge >= 0.3 is 0 Å². The van der Waals surface area contributed by atoms with E-state index in [0.29, 0.717) is 11.1 Å². The van der Waals surface area contributed by atoms with Crippen molar-refractivity contribution in [3.63, 3.8) is 0 Å². The van der Waals surface area contributed by atoms with Crippen molar-refractivity contribution in [2.24, 2.45) is 11.8 Å². The lowest BCUT2D eigenvalue weighted by atomic mass is 9.75. The molecule has 2 aromatic rings. The van der Waals surface area contributed by atoms with Gasteiger partial charge in [0, 0.05) is 23.2 Å². The topological polar surface area (TPSA) is 76.7 Å². The van der Waals surface area contributed by atoms with Gasteiger partial charge in [-0.15, -0.1) is 0 Å². The molecule has 0 spiro atoms. The highest BCUT2D eigenvalue weighted by Crippen LogP contribution is 2.35. The van der Waals surface area contributed by atoms with Crippen molar-refractivity contribution in [2.75, 3.05) is 14.2 Å². The molecular formula is C29H38N2O4. The maximum atomic E-state index is 12.6. The number of hydrogen-bond acceptors (Lipinski definition) is 4. The first-order valence-electron chi connectivity index (χ1n) is 12.9. The number of nitrogens with one attached hydrogen (secondary N) is 2. The van der Waals surface area contributed by atoms with Crippen molar-refractivity contribution in [3.05, 3.63) is 59.7 Å². The molecule has 0 aliphatic heterocycles. The number of hydrogen-bond donors (Lipinski definition) is 2. The van der Waals surface area contributed by atoms with Crippen LogP contribution in [0.3, 0.4) is 0 Å². The third kappa shape index (κ3) is 7.00. The summed E-state index contributed by atoms with van der Waals surface area (Å²) in [6.45, 7) is 0. The van der Waals surface area contributed by atoms with Crippen LogP contribution in [0.5, 0.6) is 11.5 Å². The highest BCUT2D eigenvalue weighted by Gasteiger charge is 2.28. The maximum Gasteiger partial charge on any atom is 0.251 e. The van der Waals surface area contributed by atoms with Crippen molar-refractivity contribution in [1.82, 2.24) is 10.6 Å². The van der Waals surface area contributed by atoms with Crippen molar-refractivity contribution in [1.29, 1.82) is 0 Å². The number of benzene rings is 2. The van der Waals surface area contributed by atoms with Crippen LogP contribution in [0.4, 0.5) is 0 Å². The van der Waals surface area contributed by atoms with Gasteiger partial charge in [0.05, 0.1) is 14.2 Å². The van der Waals surface area contributed by atoms with Crippen LogP contribution in [-0.4, -0.2) is 38.1 Å². The Bertz CT molecular complexity index is 878. The van der Waals surface area contributed by atoms with Gasteiger partial charge in [0.2, 0.25) is 0 Å². The van der Waals surface area contributed by atoms with Crippen LogP contribution in [0.25, 0.3) is 0 Å². The quantitative estimate of drug-likeness (QED) is 0.535. The zero-order chi connectivity index (χ0) is 24.6. The Balaban J connectivity index is 1.14. The first-order valence-corrected chi connectivity index (χ1v) is 12.9. The Hall–Kier alpha value is -3.02. The van der Waals surface area contributed by atoms with E-state index in [2.05, 4.69) is 10.6 Å². The minimum absolute atomic E-state index is 0.00566. The normalized spacial score (nSPS) is 24.3. The zero-order valence-electron chi connectivity index (χ0n) is 20.9. The molecule has 0 radical (unpaired) electrons. The summed E-state index contributed by atoms with van der Waals surface area (Å²) in [7, 11) is 3.25. The van der Waals surface area contributed by atoms with Gasteiger partial charge in [-0.2, -0.15) is 0 Å². The van der Waals surface area contributed by atoms with E-state index in [1.54, 1.807) is 14.2 Å². The van der Waals surface area contributed by atoms with Gasteiger partial charge in [-0.05, 0) is 118 Å². The van der Waals surface area contributed by atoms with E-state index >= 15 is 0 Å². The molecule has 2 amide bonds. The smallest absolute Gasteiger partial charge is 0.251 e. The molecule has 2 aliphatic carbocycles. The second-order valence-corrected chi connectivity index (χ2v) is 10.1. The van der Waals surface area contributed by atoms with Gasteiger partial charge in [0.1, 0.15) is 11.5 Å². The Morgan fingerprint density at radius 3 is 1.29 bits per heavy atom. The molecule has 6 heteroatoms. The molecule has 0 unspecified atom stereocenters. The van der Waals surface area contributed by atoms with Crippen molar-refractivity contribution in [3.8, 4) is 11.5 Å². The lowest BCUT2D eigenvalue weighted by molar-refractivity contribution is 0.0917. The van der Waals surface area contributed by atoms with Gasteiger partial charge in [0.25, 0.3) is 11.8 Å². The molecule has 0 bridgehead atoms. The summed E-state index contributed by atoms with van der Waals surface area (Å²) in [4.78, 5) is 25.1. The monoisotopic (exact) mass is 478 g/mol. The molecule has 2 N–H and O–H groups in total. The maximum absolute atomic E-state index is 12.6. The predicted octanol–water partition coefficient (Wildman–Crippen LogP) is 5.37. The van der Waals surface area contributed by atoms with Gasteiger partial charge in [0.15, 0.2) is 0 Å². The molecule has 2 aromatic carbocycles. The van der Waals surface area contributed by atoms with Crippen molar-refractivity contribution in [2.45, 2.75) is 69.9 Å². The number of ether oxygens (including phenoxy) is 2. The van der Waals surface area contributed by atoms with Gasteiger partial charge in [-0.1, -0.05) is 0 Å². The van der Waals surface area contributed by atoms with Crippen LogP contribution in [0.1, 0.15) is 78.5 Å². The van der Waals surface area contributed by atoms with Crippen molar-refractivity contribution >= 4 is 11.8 Å². The Labute approximate surface area is 208 Å². The second-order valence-electron chi connectivity index (χ2n) is 10.1. The minimum Gasteiger partial charge on any atom is -0.497 e. The summed E-state index contributed by atoms with van der Waals surface area (Å²) < 4.78 is 10.3. The molecule has 2 aliphatic rings. The third-order valence-corrected chi connectivity index (χ3v) is 7.74. The number of methoxy groups -OCH3 is 2. The van der Waals surface area contributed by atoms with E-state index in [1.165, 1.54) is 32.1 Å². The second kappa shape index (κ2) is 12.1. The molecule has 0 atom stereocenters. The average molecular weight is 479 g/mol. The van der Waals surface area contributed by atoms with Gasteiger partial charge in [-0.3, -0.25) is 9.59 Å². The van der Waals surface area contributed by atoms with Crippen molar-refractivity contribution < 1.29 is 19.1 Å². The Morgan fingerprint density at radius 1 is 0.629 bits per heavy atom. The summed E-state index contributed by atoms with van der Waals surface area (Å²) in [6.07, 6.45) is 10.2. The fourth-order valence-electron chi connectivity index (χ4n) is 5.58. The van der Waals surface area contributed by atoms with E-state index < -0.39 is 0 Å². The molecule has 35 heavy (non-hydrogen) atoms. The molecule has 4 rings (SSSR count). The molecule has 2 saturated carbocycles. The Kier molecular flexibility index (Phi) is 8.67. The van der Waals surface area contributed by atoms with Crippen LogP contribution < -0.4 is 20.1 Å². The van der Waals surface area contributed by atoms with E-state index in [9.17, 15) is 9.59 Å². The molecule has 0 aromatic heterocycles. The SMILES string of the molecule is COc1ccc(C(=O)NC2CCC(CC3CCC(NC(=O)c4ccc(OC)cc4)CC3)CC2)cc1. The molecule has 2 fully saturated rings. The minimum atomic E-state index is 0.00566. The lowest BCUT2D eigenvalue weighted by Gasteiger charge is -2.34. The zero-order valence-corrected chi connectivity index (χ0v) is 20.9. The third-order valence-electron chi connectivity index (χ3n) is 7.74. The highest BCUT2D eigenvalue weighted by molar-refractivity contribution is 5.95. The summed E-state index contributed by atoms with van der Waals surface area (Å²) in [5, 5.41) is 6.43. The first kappa shape index (κ1) is 25.1. The van der Waals surface area contributed by atoms with Crippen LogP contribution >= 0.6 is 0 Å². The van der Waals surface area contributed by atoms with Gasteiger partial charge < -0.3 is 20.1 Å². The van der Waals surface area contributed by atoms with Crippen LogP contribution in [0.15, 0.2) is 48.5 Å². The summed E-state index contributed by atoms with van der Waals surface area (Å²) in [6, 6.07) is 15.1. The number of amides is 2.